The molecule has 0 saturated heterocycles. The van der Waals surface area contributed by atoms with Crippen molar-refractivity contribution in [2.24, 2.45) is 0 Å². The SMILES string of the molecule is O=S(=O)(NCc1ccc(Cl)cc1)c1cccc(Br)c1. The first-order valence-corrected chi connectivity index (χ1v) is 8.12. The molecule has 2 aromatic carbocycles. The summed E-state index contributed by atoms with van der Waals surface area (Å²) in [4.78, 5) is 0.232. The summed E-state index contributed by atoms with van der Waals surface area (Å²) >= 11 is 9.02. The van der Waals surface area contributed by atoms with Gasteiger partial charge in [0.1, 0.15) is 0 Å². The van der Waals surface area contributed by atoms with Gasteiger partial charge in [0.05, 0.1) is 4.90 Å². The molecule has 0 aliphatic carbocycles. The Hall–Kier alpha value is -0.880. The highest BCUT2D eigenvalue weighted by molar-refractivity contribution is 9.10. The van der Waals surface area contributed by atoms with Crippen LogP contribution in [0.1, 0.15) is 5.56 Å². The summed E-state index contributed by atoms with van der Waals surface area (Å²) in [6.45, 7) is 0.228. The molecule has 6 heteroatoms. The van der Waals surface area contributed by atoms with Crippen LogP contribution < -0.4 is 4.72 Å². The maximum absolute atomic E-state index is 12.1. The van der Waals surface area contributed by atoms with Crippen molar-refractivity contribution < 1.29 is 8.42 Å². The van der Waals surface area contributed by atoms with Crippen LogP contribution in [0.25, 0.3) is 0 Å². The molecule has 0 bridgehead atoms. The van der Waals surface area contributed by atoms with Gasteiger partial charge in [-0.2, -0.15) is 0 Å². The van der Waals surface area contributed by atoms with Crippen LogP contribution in [0.5, 0.6) is 0 Å². The van der Waals surface area contributed by atoms with Gasteiger partial charge in [0.25, 0.3) is 0 Å². The van der Waals surface area contributed by atoms with Gasteiger partial charge < -0.3 is 0 Å². The molecule has 2 rings (SSSR count). The van der Waals surface area contributed by atoms with Crippen molar-refractivity contribution in [3.05, 3.63) is 63.6 Å². The maximum atomic E-state index is 12.1. The predicted octanol–water partition coefficient (Wildman–Crippen LogP) is 3.58. The van der Waals surface area contributed by atoms with E-state index in [0.29, 0.717) is 5.02 Å². The Bertz CT molecular complexity index is 671. The molecular formula is C13H11BrClNO2S. The maximum Gasteiger partial charge on any atom is 0.240 e. The van der Waals surface area contributed by atoms with E-state index in [4.69, 9.17) is 11.6 Å². The second-order valence-corrected chi connectivity index (χ2v) is 7.03. The van der Waals surface area contributed by atoms with E-state index in [1.54, 1.807) is 48.5 Å². The average Bonchev–Trinajstić information content (AvgIpc) is 2.38. The van der Waals surface area contributed by atoms with Crippen LogP contribution in [0.3, 0.4) is 0 Å². The fourth-order valence-corrected chi connectivity index (χ4v) is 3.24. The Morgan fingerprint density at radius 2 is 1.79 bits per heavy atom. The quantitative estimate of drug-likeness (QED) is 0.906. The molecule has 0 aliphatic rings. The van der Waals surface area contributed by atoms with Crippen molar-refractivity contribution in [1.82, 2.24) is 4.72 Å². The normalized spacial score (nSPS) is 11.5. The molecule has 0 heterocycles. The van der Waals surface area contributed by atoms with Crippen molar-refractivity contribution in [2.45, 2.75) is 11.4 Å². The molecule has 0 radical (unpaired) electrons. The van der Waals surface area contributed by atoms with E-state index in [9.17, 15) is 8.42 Å². The summed E-state index contributed by atoms with van der Waals surface area (Å²) in [5, 5.41) is 0.624. The number of hydrogen-bond acceptors (Lipinski definition) is 2. The standard InChI is InChI=1S/C13H11BrClNO2S/c14-11-2-1-3-13(8-11)19(17,18)16-9-10-4-6-12(15)7-5-10/h1-8,16H,9H2. The van der Waals surface area contributed by atoms with Crippen LogP contribution in [-0.4, -0.2) is 8.42 Å². The van der Waals surface area contributed by atoms with Gasteiger partial charge in [-0.3, -0.25) is 0 Å². The molecule has 2 aromatic rings. The number of nitrogens with one attached hydrogen (secondary N) is 1. The summed E-state index contributed by atoms with van der Waals surface area (Å²) in [5.74, 6) is 0. The zero-order valence-electron chi connectivity index (χ0n) is 9.81. The van der Waals surface area contributed by atoms with Gasteiger partial charge in [-0.15, -0.1) is 0 Å². The third kappa shape index (κ3) is 4.04. The van der Waals surface area contributed by atoms with E-state index >= 15 is 0 Å². The summed E-state index contributed by atoms with van der Waals surface area (Å²) in [5.41, 5.74) is 0.850. The van der Waals surface area contributed by atoms with Gasteiger partial charge in [0, 0.05) is 16.0 Å². The van der Waals surface area contributed by atoms with Gasteiger partial charge in [-0.05, 0) is 35.9 Å². The minimum absolute atomic E-state index is 0.228. The average molecular weight is 361 g/mol. The third-order valence-corrected chi connectivity index (χ3v) is 4.63. The van der Waals surface area contributed by atoms with Gasteiger partial charge >= 0.3 is 0 Å². The fraction of sp³-hybridized carbons (Fsp3) is 0.0769. The predicted molar refractivity (Wildman–Crippen MR) is 79.6 cm³/mol. The fourth-order valence-electron chi connectivity index (χ4n) is 1.50. The Morgan fingerprint density at radius 3 is 2.42 bits per heavy atom. The van der Waals surface area contributed by atoms with E-state index in [1.165, 1.54) is 0 Å². The molecule has 19 heavy (non-hydrogen) atoms. The smallest absolute Gasteiger partial charge is 0.207 e. The van der Waals surface area contributed by atoms with Crippen LogP contribution in [0.2, 0.25) is 5.02 Å². The van der Waals surface area contributed by atoms with Gasteiger partial charge in [-0.1, -0.05) is 45.7 Å². The van der Waals surface area contributed by atoms with Crippen LogP contribution in [-0.2, 0) is 16.6 Å². The number of benzene rings is 2. The largest absolute Gasteiger partial charge is 0.240 e. The lowest BCUT2D eigenvalue weighted by Gasteiger charge is -2.07. The Morgan fingerprint density at radius 1 is 1.11 bits per heavy atom. The number of hydrogen-bond donors (Lipinski definition) is 1. The van der Waals surface area contributed by atoms with Crippen molar-refractivity contribution in [1.29, 1.82) is 0 Å². The van der Waals surface area contributed by atoms with Crippen LogP contribution in [0, 0.1) is 0 Å². The molecule has 0 fully saturated rings. The number of sulfonamides is 1. The molecule has 0 amide bonds. The molecule has 0 aromatic heterocycles. The minimum Gasteiger partial charge on any atom is -0.207 e. The highest BCUT2D eigenvalue weighted by Gasteiger charge is 2.13. The minimum atomic E-state index is -3.50. The first-order valence-electron chi connectivity index (χ1n) is 5.47. The summed E-state index contributed by atoms with van der Waals surface area (Å²) < 4.78 is 27.4. The summed E-state index contributed by atoms with van der Waals surface area (Å²) in [6, 6.07) is 13.6. The molecule has 0 unspecified atom stereocenters. The highest BCUT2D eigenvalue weighted by atomic mass is 79.9. The zero-order valence-corrected chi connectivity index (χ0v) is 13.0. The Labute approximate surface area is 125 Å². The summed E-state index contributed by atoms with van der Waals surface area (Å²) in [6.07, 6.45) is 0. The number of rotatable bonds is 4. The van der Waals surface area contributed by atoms with Gasteiger partial charge in [-0.25, -0.2) is 13.1 Å². The molecule has 3 nitrogen and oxygen atoms in total. The van der Waals surface area contributed by atoms with Crippen LogP contribution in [0.4, 0.5) is 0 Å². The zero-order chi connectivity index (χ0) is 13.9. The molecule has 0 aliphatic heterocycles. The van der Waals surface area contributed by atoms with Crippen LogP contribution in [0.15, 0.2) is 57.9 Å². The second-order valence-electron chi connectivity index (χ2n) is 3.91. The Kier molecular flexibility index (Phi) is 4.62. The van der Waals surface area contributed by atoms with E-state index in [0.717, 1.165) is 10.0 Å². The van der Waals surface area contributed by atoms with Gasteiger partial charge in [0.2, 0.25) is 10.0 Å². The second kappa shape index (κ2) is 6.05. The van der Waals surface area contributed by atoms with Crippen molar-refractivity contribution in [3.63, 3.8) is 0 Å². The van der Waals surface area contributed by atoms with Crippen molar-refractivity contribution in [2.75, 3.05) is 0 Å². The molecule has 1 N–H and O–H groups in total. The number of halogens is 2. The van der Waals surface area contributed by atoms with Crippen LogP contribution >= 0.6 is 27.5 Å². The van der Waals surface area contributed by atoms with Gasteiger partial charge in [0.15, 0.2) is 0 Å². The monoisotopic (exact) mass is 359 g/mol. The highest BCUT2D eigenvalue weighted by Crippen LogP contribution is 2.16. The first kappa shape index (κ1) is 14.5. The molecule has 100 valence electrons. The molecule has 0 spiro atoms. The summed E-state index contributed by atoms with van der Waals surface area (Å²) in [7, 11) is -3.50. The topological polar surface area (TPSA) is 46.2 Å². The van der Waals surface area contributed by atoms with E-state index < -0.39 is 10.0 Å². The lowest BCUT2D eigenvalue weighted by Crippen LogP contribution is -2.23. The molecular weight excluding hydrogens is 350 g/mol. The lowest BCUT2D eigenvalue weighted by molar-refractivity contribution is 0.581. The lowest BCUT2D eigenvalue weighted by atomic mass is 10.2. The van der Waals surface area contributed by atoms with Crippen molar-refractivity contribution in [3.8, 4) is 0 Å². The third-order valence-electron chi connectivity index (χ3n) is 2.49. The van der Waals surface area contributed by atoms with E-state index in [2.05, 4.69) is 20.7 Å². The first-order chi connectivity index (χ1) is 8.97. The molecule has 0 saturated carbocycles. The van der Waals surface area contributed by atoms with E-state index in [1.807, 2.05) is 0 Å². The Balaban J connectivity index is 2.12. The van der Waals surface area contributed by atoms with Crippen molar-refractivity contribution >= 4 is 37.6 Å². The van der Waals surface area contributed by atoms with E-state index in [-0.39, 0.29) is 11.4 Å². The molecule has 0 atom stereocenters.